The van der Waals surface area contributed by atoms with E-state index in [1.54, 1.807) is 7.11 Å². The van der Waals surface area contributed by atoms with Gasteiger partial charge in [-0.2, -0.15) is 0 Å². The van der Waals surface area contributed by atoms with Gasteiger partial charge in [0.1, 0.15) is 6.04 Å². The van der Waals surface area contributed by atoms with Crippen molar-refractivity contribution in [1.82, 2.24) is 10.2 Å². The molecule has 0 unspecified atom stereocenters. The third-order valence-corrected chi connectivity index (χ3v) is 5.13. The fraction of sp³-hybridized carbons (Fsp3) is 0.875. The minimum Gasteiger partial charge on any atom is -0.453 e. The van der Waals surface area contributed by atoms with Gasteiger partial charge >= 0.3 is 6.09 Å². The molecule has 126 valence electrons. The van der Waals surface area contributed by atoms with Gasteiger partial charge in [-0.1, -0.05) is 20.8 Å². The molecule has 6 heteroatoms. The normalized spacial score (nSPS) is 31.5. The van der Waals surface area contributed by atoms with Gasteiger partial charge in [0.2, 0.25) is 5.91 Å². The van der Waals surface area contributed by atoms with E-state index in [2.05, 4.69) is 17.0 Å². The highest BCUT2D eigenvalue weighted by Crippen LogP contribution is 2.45. The molecular weight excluding hydrogens is 284 g/mol. The number of methoxy groups -OCH3 is 2. The van der Waals surface area contributed by atoms with Crippen molar-refractivity contribution in [2.45, 2.75) is 64.3 Å². The van der Waals surface area contributed by atoms with Gasteiger partial charge in [-0.15, -0.1) is 0 Å². The second-order valence-electron chi connectivity index (χ2n) is 6.65. The lowest BCUT2D eigenvalue weighted by molar-refractivity contribution is -0.143. The van der Waals surface area contributed by atoms with E-state index in [0.29, 0.717) is 5.92 Å². The molecule has 0 radical (unpaired) electrons. The number of carbonyl (C=O) groups is 2. The second-order valence-corrected chi connectivity index (χ2v) is 6.65. The second kappa shape index (κ2) is 6.86. The summed E-state index contributed by atoms with van der Waals surface area (Å²) in [5, 5.41) is 2.69. The molecular formula is C16H28N2O4. The van der Waals surface area contributed by atoms with E-state index in [4.69, 9.17) is 4.74 Å². The molecule has 2 rings (SSSR count). The number of ether oxygens (including phenoxy) is 2. The molecule has 1 aliphatic carbocycles. The minimum atomic E-state index is -0.562. The van der Waals surface area contributed by atoms with Gasteiger partial charge in [-0.25, -0.2) is 4.79 Å². The van der Waals surface area contributed by atoms with Gasteiger partial charge in [0.05, 0.1) is 19.3 Å². The first-order chi connectivity index (χ1) is 10.4. The molecule has 1 N–H and O–H groups in total. The third-order valence-electron chi connectivity index (χ3n) is 5.13. The lowest BCUT2D eigenvalue weighted by Gasteiger charge is -2.41. The number of fused-ring (bicyclic) bond motifs is 2. The van der Waals surface area contributed by atoms with E-state index < -0.39 is 12.1 Å². The van der Waals surface area contributed by atoms with Crippen LogP contribution in [0.15, 0.2) is 0 Å². The van der Waals surface area contributed by atoms with E-state index in [1.165, 1.54) is 7.11 Å². The van der Waals surface area contributed by atoms with Crippen molar-refractivity contribution in [3.05, 3.63) is 0 Å². The zero-order chi connectivity index (χ0) is 16.4. The zero-order valence-corrected chi connectivity index (χ0v) is 14.2. The van der Waals surface area contributed by atoms with Crippen molar-refractivity contribution < 1.29 is 19.1 Å². The number of amides is 2. The summed E-state index contributed by atoms with van der Waals surface area (Å²) in [6.07, 6.45) is 2.52. The Kier molecular flexibility index (Phi) is 5.32. The molecule has 0 spiro atoms. The summed E-state index contributed by atoms with van der Waals surface area (Å²) in [5.74, 6) is 0.501. The smallest absolute Gasteiger partial charge is 0.407 e. The van der Waals surface area contributed by atoms with Crippen molar-refractivity contribution in [2.75, 3.05) is 14.2 Å². The lowest BCUT2D eigenvalue weighted by atomic mass is 9.93. The van der Waals surface area contributed by atoms with Crippen molar-refractivity contribution in [3.63, 3.8) is 0 Å². The summed E-state index contributed by atoms with van der Waals surface area (Å²) in [4.78, 5) is 26.6. The number of carbonyl (C=O) groups excluding carboxylic acids is 2. The van der Waals surface area contributed by atoms with Crippen LogP contribution in [0, 0.1) is 11.8 Å². The quantitative estimate of drug-likeness (QED) is 0.840. The molecule has 5 atom stereocenters. The van der Waals surface area contributed by atoms with E-state index >= 15 is 0 Å². The highest BCUT2D eigenvalue weighted by atomic mass is 16.5. The number of nitrogens with zero attached hydrogens (tertiary/aromatic N) is 1. The molecule has 22 heavy (non-hydrogen) atoms. The zero-order valence-electron chi connectivity index (χ0n) is 14.2. The number of alkyl carbamates (subject to hydrolysis) is 1. The molecule has 0 aromatic heterocycles. The Balaban J connectivity index is 2.19. The summed E-state index contributed by atoms with van der Waals surface area (Å²) in [5.41, 5.74) is 0. The summed E-state index contributed by atoms with van der Waals surface area (Å²) >= 11 is 0. The van der Waals surface area contributed by atoms with Gasteiger partial charge in [-0.3, -0.25) is 4.79 Å². The summed E-state index contributed by atoms with van der Waals surface area (Å²) < 4.78 is 10.2. The Bertz CT molecular complexity index is 426. The van der Waals surface area contributed by atoms with Crippen LogP contribution in [0.25, 0.3) is 0 Å². The SMILES string of the molecule is CC[C@@H]1[C@@H]2C[C@H](OC)[C@@H](C2)N1C(=O)[C@@H](NC(=O)OC)C(C)C. The Morgan fingerprint density at radius 2 is 1.95 bits per heavy atom. The largest absolute Gasteiger partial charge is 0.453 e. The Hall–Kier alpha value is -1.30. The van der Waals surface area contributed by atoms with Crippen LogP contribution in [0.2, 0.25) is 0 Å². The van der Waals surface area contributed by atoms with Crippen molar-refractivity contribution >= 4 is 12.0 Å². The first-order valence-electron chi connectivity index (χ1n) is 8.13. The minimum absolute atomic E-state index is 0.00391. The maximum absolute atomic E-state index is 13.1. The van der Waals surface area contributed by atoms with Crippen LogP contribution in [0.4, 0.5) is 4.79 Å². The molecule has 1 saturated carbocycles. The molecule has 6 nitrogen and oxygen atoms in total. The predicted molar refractivity (Wildman–Crippen MR) is 82.4 cm³/mol. The molecule has 2 fully saturated rings. The topological polar surface area (TPSA) is 67.9 Å². The van der Waals surface area contributed by atoms with Crippen molar-refractivity contribution in [3.8, 4) is 0 Å². The number of nitrogens with one attached hydrogen (secondary N) is 1. The molecule has 2 amide bonds. The van der Waals surface area contributed by atoms with Gasteiger partial charge < -0.3 is 19.7 Å². The van der Waals surface area contributed by atoms with E-state index in [-0.39, 0.29) is 30.0 Å². The maximum atomic E-state index is 13.1. The Morgan fingerprint density at radius 3 is 2.45 bits per heavy atom. The molecule has 1 aliphatic heterocycles. The van der Waals surface area contributed by atoms with E-state index in [1.807, 2.05) is 18.7 Å². The fourth-order valence-corrected chi connectivity index (χ4v) is 4.06. The lowest BCUT2D eigenvalue weighted by Crippen LogP contribution is -2.58. The molecule has 2 aliphatic rings. The van der Waals surface area contributed by atoms with Crippen LogP contribution in [0.5, 0.6) is 0 Å². The van der Waals surface area contributed by atoms with Crippen LogP contribution in [0.1, 0.15) is 40.0 Å². The van der Waals surface area contributed by atoms with Crippen LogP contribution in [-0.2, 0) is 14.3 Å². The monoisotopic (exact) mass is 312 g/mol. The van der Waals surface area contributed by atoms with Gasteiger partial charge in [0, 0.05) is 13.2 Å². The summed E-state index contributed by atoms with van der Waals surface area (Å²) in [6.45, 7) is 5.98. The molecule has 1 heterocycles. The third kappa shape index (κ3) is 2.93. The summed E-state index contributed by atoms with van der Waals surface area (Å²) in [7, 11) is 3.02. The molecule has 1 saturated heterocycles. The first-order valence-corrected chi connectivity index (χ1v) is 8.13. The number of hydrogen-bond donors (Lipinski definition) is 1. The average molecular weight is 312 g/mol. The Labute approximate surface area is 132 Å². The van der Waals surface area contributed by atoms with E-state index in [9.17, 15) is 9.59 Å². The number of hydrogen-bond acceptors (Lipinski definition) is 4. The van der Waals surface area contributed by atoms with Gasteiger partial charge in [0.25, 0.3) is 0 Å². The van der Waals surface area contributed by atoms with Crippen LogP contribution in [-0.4, -0.2) is 55.3 Å². The van der Waals surface area contributed by atoms with Crippen molar-refractivity contribution in [1.29, 1.82) is 0 Å². The van der Waals surface area contributed by atoms with Crippen molar-refractivity contribution in [2.24, 2.45) is 11.8 Å². The Morgan fingerprint density at radius 1 is 1.27 bits per heavy atom. The van der Waals surface area contributed by atoms with Gasteiger partial charge in [0.15, 0.2) is 0 Å². The number of likely N-dealkylation sites (tertiary alicyclic amines) is 1. The van der Waals surface area contributed by atoms with Crippen LogP contribution >= 0.6 is 0 Å². The summed E-state index contributed by atoms with van der Waals surface area (Å²) in [6, 6.07) is -0.170. The predicted octanol–water partition coefficient (Wildman–Crippen LogP) is 1.78. The highest BCUT2D eigenvalue weighted by Gasteiger charge is 2.53. The fourth-order valence-electron chi connectivity index (χ4n) is 4.06. The first kappa shape index (κ1) is 17.1. The molecule has 0 aromatic rings. The van der Waals surface area contributed by atoms with Gasteiger partial charge in [-0.05, 0) is 31.1 Å². The molecule has 0 aromatic carbocycles. The van der Waals surface area contributed by atoms with Crippen LogP contribution < -0.4 is 5.32 Å². The highest BCUT2D eigenvalue weighted by molar-refractivity contribution is 5.87. The van der Waals surface area contributed by atoms with Crippen LogP contribution in [0.3, 0.4) is 0 Å². The number of piperidine rings is 1. The van der Waals surface area contributed by atoms with E-state index in [0.717, 1.165) is 19.3 Å². The standard InChI is InChI=1S/C16H28N2O4/c1-6-11-10-7-12(13(8-10)21-4)18(11)15(19)14(9(2)3)17-16(20)22-5/h9-14H,6-8H2,1-5H3,(H,17,20)/t10-,11+,12+,13-,14-/m0/s1. The average Bonchev–Trinajstić information content (AvgIpc) is 3.08. The maximum Gasteiger partial charge on any atom is 0.407 e. The molecule has 2 bridgehead atoms. The number of rotatable bonds is 5.